The van der Waals surface area contributed by atoms with Gasteiger partial charge in [-0.2, -0.15) is 9.97 Å². The minimum absolute atomic E-state index is 0.0595. The van der Waals surface area contributed by atoms with Crippen LogP contribution in [0.5, 0.6) is 11.8 Å². The van der Waals surface area contributed by atoms with Crippen LogP contribution < -0.4 is 9.47 Å². The Balaban J connectivity index is 2.49. The van der Waals surface area contributed by atoms with E-state index in [4.69, 9.17) is 9.47 Å². The number of thioether (sulfide) groups is 1. The van der Waals surface area contributed by atoms with E-state index in [1.165, 1.54) is 32.1 Å². The van der Waals surface area contributed by atoms with Crippen molar-refractivity contribution in [2.45, 2.75) is 23.9 Å². The molecular formula is C13H16N2O4S. The molecular weight excluding hydrogens is 280 g/mol. The summed E-state index contributed by atoms with van der Waals surface area (Å²) in [6.07, 6.45) is 3.73. The summed E-state index contributed by atoms with van der Waals surface area (Å²) in [5.41, 5.74) is 0.626. The fraction of sp³-hybridized carbons (Fsp3) is 0.462. The lowest BCUT2D eigenvalue weighted by Crippen LogP contribution is -2.16. The monoisotopic (exact) mass is 296 g/mol. The van der Waals surface area contributed by atoms with E-state index in [0.717, 1.165) is 0 Å². The molecule has 0 saturated heterocycles. The maximum atomic E-state index is 11.6. The van der Waals surface area contributed by atoms with Gasteiger partial charge in [-0.3, -0.25) is 4.79 Å². The lowest BCUT2D eigenvalue weighted by atomic mass is 9.87. The number of methoxy groups -OCH3 is 2. The van der Waals surface area contributed by atoms with E-state index < -0.39 is 0 Å². The van der Waals surface area contributed by atoms with Crippen molar-refractivity contribution < 1.29 is 19.4 Å². The second kappa shape index (κ2) is 6.13. The van der Waals surface area contributed by atoms with Gasteiger partial charge in [0.2, 0.25) is 11.8 Å². The summed E-state index contributed by atoms with van der Waals surface area (Å²) in [6, 6.07) is 0. The Hall–Kier alpha value is -1.76. The first-order chi connectivity index (χ1) is 9.58. The van der Waals surface area contributed by atoms with Gasteiger partial charge in [0.05, 0.1) is 25.5 Å². The van der Waals surface area contributed by atoms with Gasteiger partial charge >= 0.3 is 0 Å². The molecule has 2 rings (SSSR count). The molecule has 7 heteroatoms. The average molecular weight is 296 g/mol. The highest BCUT2D eigenvalue weighted by Crippen LogP contribution is 2.40. The summed E-state index contributed by atoms with van der Waals surface area (Å²) in [7, 11) is 3.02. The van der Waals surface area contributed by atoms with Crippen molar-refractivity contribution in [3.8, 4) is 11.8 Å². The molecule has 1 aromatic rings. The Bertz CT molecular complexity index is 534. The van der Waals surface area contributed by atoms with Gasteiger partial charge in [0, 0.05) is 24.8 Å². The van der Waals surface area contributed by atoms with Crippen LogP contribution in [0.25, 0.3) is 0 Å². The van der Waals surface area contributed by atoms with Crippen molar-refractivity contribution >= 4 is 17.5 Å². The molecule has 1 aliphatic rings. The summed E-state index contributed by atoms with van der Waals surface area (Å²) in [5, 5.41) is 10.2. The molecule has 0 saturated carbocycles. The number of rotatable bonds is 4. The Kier molecular flexibility index (Phi) is 4.49. The Labute approximate surface area is 121 Å². The number of allylic oxidation sites excluding steroid dienone is 2. The third-order valence-corrected chi connectivity index (χ3v) is 3.61. The third kappa shape index (κ3) is 2.87. The van der Waals surface area contributed by atoms with Crippen molar-refractivity contribution in [2.24, 2.45) is 0 Å². The predicted octanol–water partition coefficient (Wildman–Crippen LogP) is 2.10. The van der Waals surface area contributed by atoms with E-state index in [2.05, 4.69) is 9.97 Å². The molecule has 1 heterocycles. The minimum Gasteiger partial charge on any atom is -0.512 e. The number of carbonyl (C=O) groups excluding carboxylic acids is 1. The van der Waals surface area contributed by atoms with Gasteiger partial charge in [-0.15, -0.1) is 0 Å². The van der Waals surface area contributed by atoms with Crippen LogP contribution in [0, 0.1) is 0 Å². The highest BCUT2D eigenvalue weighted by Gasteiger charge is 2.29. The van der Waals surface area contributed by atoms with Crippen molar-refractivity contribution in [3.63, 3.8) is 0 Å². The molecule has 0 spiro atoms. The van der Waals surface area contributed by atoms with Crippen molar-refractivity contribution in [2.75, 3.05) is 20.5 Å². The van der Waals surface area contributed by atoms with Gasteiger partial charge in [0.25, 0.3) is 0 Å². The molecule has 0 bridgehead atoms. The number of ketones is 1. The van der Waals surface area contributed by atoms with Crippen LogP contribution in [0.2, 0.25) is 0 Å². The molecule has 1 aromatic heterocycles. The molecule has 108 valence electrons. The SMILES string of the molecule is COc1nc(SC)nc(OC)c1C1CC(=O)C=C(O)C1. The minimum atomic E-state index is -0.242. The molecule has 1 aliphatic carbocycles. The fourth-order valence-electron chi connectivity index (χ4n) is 2.24. The van der Waals surface area contributed by atoms with Gasteiger partial charge in [-0.05, 0) is 6.26 Å². The van der Waals surface area contributed by atoms with Crippen LogP contribution in [-0.2, 0) is 4.79 Å². The number of ether oxygens (including phenoxy) is 2. The van der Waals surface area contributed by atoms with Crippen molar-refractivity contribution in [1.29, 1.82) is 0 Å². The molecule has 1 N–H and O–H groups in total. The maximum absolute atomic E-state index is 11.6. The standard InChI is InChI=1S/C13H16N2O4S/c1-18-11-10(7-4-8(16)6-9(17)5-7)12(19-2)15-13(14-11)20-3/h6-7,16H,4-5H2,1-3H3. The Morgan fingerprint density at radius 1 is 1.25 bits per heavy atom. The summed E-state index contributed by atoms with van der Waals surface area (Å²) in [5.74, 6) is 0.455. The normalized spacial score (nSPS) is 18.6. The molecule has 0 fully saturated rings. The second-order valence-corrected chi connectivity index (χ2v) is 5.12. The largest absolute Gasteiger partial charge is 0.512 e. The van der Waals surface area contributed by atoms with Crippen LogP contribution in [0.15, 0.2) is 17.0 Å². The van der Waals surface area contributed by atoms with E-state index in [-0.39, 0.29) is 23.9 Å². The molecule has 1 atom stereocenters. The zero-order valence-electron chi connectivity index (χ0n) is 11.5. The number of aliphatic hydroxyl groups excluding tert-OH is 1. The first-order valence-corrected chi connectivity index (χ1v) is 7.27. The molecule has 0 aliphatic heterocycles. The molecule has 0 amide bonds. The van der Waals surface area contributed by atoms with E-state index in [1.807, 2.05) is 6.26 Å². The van der Waals surface area contributed by atoms with Gasteiger partial charge in [-0.1, -0.05) is 11.8 Å². The van der Waals surface area contributed by atoms with Gasteiger partial charge < -0.3 is 14.6 Å². The Morgan fingerprint density at radius 3 is 2.30 bits per heavy atom. The van der Waals surface area contributed by atoms with Gasteiger partial charge in [0.15, 0.2) is 10.9 Å². The van der Waals surface area contributed by atoms with Crippen LogP contribution in [0.1, 0.15) is 24.3 Å². The second-order valence-electron chi connectivity index (χ2n) is 4.35. The Morgan fingerprint density at radius 2 is 1.85 bits per heavy atom. The average Bonchev–Trinajstić information content (AvgIpc) is 2.44. The van der Waals surface area contributed by atoms with Crippen molar-refractivity contribution in [1.82, 2.24) is 9.97 Å². The smallest absolute Gasteiger partial charge is 0.224 e. The van der Waals surface area contributed by atoms with Crippen LogP contribution in [-0.4, -0.2) is 41.3 Å². The predicted molar refractivity (Wildman–Crippen MR) is 74.6 cm³/mol. The number of aliphatic hydroxyl groups is 1. The summed E-state index contributed by atoms with van der Waals surface area (Å²) in [6.45, 7) is 0. The van der Waals surface area contributed by atoms with E-state index in [9.17, 15) is 9.90 Å². The lowest BCUT2D eigenvalue weighted by molar-refractivity contribution is -0.115. The van der Waals surface area contributed by atoms with E-state index in [1.54, 1.807) is 0 Å². The lowest BCUT2D eigenvalue weighted by Gasteiger charge is -2.22. The summed E-state index contributed by atoms with van der Waals surface area (Å²) in [4.78, 5) is 20.2. The molecule has 0 aromatic carbocycles. The molecule has 6 nitrogen and oxygen atoms in total. The molecule has 20 heavy (non-hydrogen) atoms. The quantitative estimate of drug-likeness (QED) is 0.673. The molecule has 0 radical (unpaired) electrons. The molecule has 1 unspecified atom stereocenters. The maximum Gasteiger partial charge on any atom is 0.224 e. The first kappa shape index (κ1) is 14.6. The number of hydrogen-bond acceptors (Lipinski definition) is 7. The highest BCUT2D eigenvalue weighted by molar-refractivity contribution is 7.98. The number of carbonyl (C=O) groups is 1. The summed E-state index contributed by atoms with van der Waals surface area (Å²) < 4.78 is 10.6. The highest BCUT2D eigenvalue weighted by atomic mass is 32.2. The van der Waals surface area contributed by atoms with Gasteiger partial charge in [-0.25, -0.2) is 0 Å². The van der Waals surface area contributed by atoms with Gasteiger partial charge in [0.1, 0.15) is 0 Å². The van der Waals surface area contributed by atoms with Crippen LogP contribution >= 0.6 is 11.8 Å². The van der Waals surface area contributed by atoms with Crippen molar-refractivity contribution in [3.05, 3.63) is 17.4 Å². The third-order valence-electron chi connectivity index (χ3n) is 3.06. The number of aromatic nitrogens is 2. The zero-order valence-corrected chi connectivity index (χ0v) is 12.4. The topological polar surface area (TPSA) is 81.5 Å². The first-order valence-electron chi connectivity index (χ1n) is 6.05. The fourth-order valence-corrected chi connectivity index (χ4v) is 2.59. The number of nitrogens with zero attached hydrogens (tertiary/aromatic N) is 2. The summed E-state index contributed by atoms with van der Waals surface area (Å²) >= 11 is 1.37. The van der Waals surface area contributed by atoms with Crippen LogP contribution in [0.4, 0.5) is 0 Å². The number of hydrogen-bond donors (Lipinski definition) is 1. The zero-order chi connectivity index (χ0) is 14.7. The van der Waals surface area contributed by atoms with E-state index >= 15 is 0 Å². The van der Waals surface area contributed by atoms with E-state index in [0.29, 0.717) is 28.9 Å². The van der Waals surface area contributed by atoms with Crippen LogP contribution in [0.3, 0.4) is 0 Å².